The molecular formula is C13H20N2O3S. The second kappa shape index (κ2) is 5.48. The number of hydrogen-bond donors (Lipinski definition) is 1. The Morgan fingerprint density at radius 3 is 2.47 bits per heavy atom. The predicted molar refractivity (Wildman–Crippen MR) is 73.5 cm³/mol. The normalized spacial score (nSPS) is 24.6. The number of methoxy groups -OCH3 is 1. The molecular weight excluding hydrogens is 264 g/mol. The van der Waals surface area contributed by atoms with Gasteiger partial charge < -0.3 is 10.5 Å². The van der Waals surface area contributed by atoms with E-state index < -0.39 is 10.0 Å². The summed E-state index contributed by atoms with van der Waals surface area (Å²) in [6.45, 7) is 2.96. The van der Waals surface area contributed by atoms with E-state index in [-0.39, 0.29) is 12.0 Å². The van der Waals surface area contributed by atoms with Gasteiger partial charge in [0.15, 0.2) is 0 Å². The SMILES string of the molecule is COc1ccc(S(=O)(=O)N2CC(CN)CC2C)cc1. The van der Waals surface area contributed by atoms with Gasteiger partial charge in [0.25, 0.3) is 0 Å². The monoisotopic (exact) mass is 284 g/mol. The van der Waals surface area contributed by atoms with Gasteiger partial charge in [0, 0.05) is 12.6 Å². The van der Waals surface area contributed by atoms with Crippen LogP contribution in [0.15, 0.2) is 29.2 Å². The van der Waals surface area contributed by atoms with Crippen molar-refractivity contribution in [2.45, 2.75) is 24.3 Å². The van der Waals surface area contributed by atoms with E-state index >= 15 is 0 Å². The van der Waals surface area contributed by atoms with Crippen LogP contribution in [-0.4, -0.2) is 39.0 Å². The van der Waals surface area contributed by atoms with Gasteiger partial charge in [0.05, 0.1) is 12.0 Å². The van der Waals surface area contributed by atoms with Gasteiger partial charge in [-0.3, -0.25) is 0 Å². The fourth-order valence-corrected chi connectivity index (χ4v) is 4.22. The third kappa shape index (κ3) is 2.75. The maximum Gasteiger partial charge on any atom is 0.243 e. The third-order valence-electron chi connectivity index (χ3n) is 3.60. The van der Waals surface area contributed by atoms with Crippen molar-refractivity contribution >= 4 is 10.0 Å². The summed E-state index contributed by atoms with van der Waals surface area (Å²) in [4.78, 5) is 0.304. The van der Waals surface area contributed by atoms with Crippen LogP contribution in [0.3, 0.4) is 0 Å². The van der Waals surface area contributed by atoms with Gasteiger partial charge in [-0.05, 0) is 50.1 Å². The van der Waals surface area contributed by atoms with Crippen LogP contribution in [0.2, 0.25) is 0 Å². The van der Waals surface area contributed by atoms with Crippen molar-refractivity contribution < 1.29 is 13.2 Å². The van der Waals surface area contributed by atoms with Gasteiger partial charge in [-0.1, -0.05) is 0 Å². The number of ether oxygens (including phenoxy) is 1. The summed E-state index contributed by atoms with van der Waals surface area (Å²) in [5, 5.41) is 0. The molecule has 2 rings (SSSR count). The number of hydrogen-bond acceptors (Lipinski definition) is 4. The molecule has 0 saturated carbocycles. The van der Waals surface area contributed by atoms with Gasteiger partial charge in [0.2, 0.25) is 10.0 Å². The molecule has 2 atom stereocenters. The zero-order chi connectivity index (χ0) is 14.0. The second-order valence-electron chi connectivity index (χ2n) is 4.94. The first-order valence-corrected chi connectivity index (χ1v) is 7.79. The van der Waals surface area contributed by atoms with E-state index in [1.165, 1.54) is 0 Å². The van der Waals surface area contributed by atoms with Crippen molar-refractivity contribution in [2.24, 2.45) is 11.7 Å². The van der Waals surface area contributed by atoms with E-state index in [0.29, 0.717) is 23.7 Å². The fourth-order valence-electron chi connectivity index (χ4n) is 2.50. The first-order chi connectivity index (χ1) is 8.98. The van der Waals surface area contributed by atoms with Crippen LogP contribution in [0.4, 0.5) is 0 Å². The average Bonchev–Trinajstić information content (AvgIpc) is 2.81. The van der Waals surface area contributed by atoms with Crippen molar-refractivity contribution in [1.82, 2.24) is 4.31 Å². The van der Waals surface area contributed by atoms with E-state index in [2.05, 4.69) is 0 Å². The lowest BCUT2D eigenvalue weighted by molar-refractivity contribution is 0.403. The Labute approximate surface area is 114 Å². The average molecular weight is 284 g/mol. The van der Waals surface area contributed by atoms with Crippen LogP contribution in [0, 0.1) is 5.92 Å². The molecule has 1 saturated heterocycles. The summed E-state index contributed by atoms with van der Waals surface area (Å²) >= 11 is 0. The molecule has 5 nitrogen and oxygen atoms in total. The van der Waals surface area contributed by atoms with Gasteiger partial charge >= 0.3 is 0 Å². The van der Waals surface area contributed by atoms with Crippen molar-refractivity contribution in [1.29, 1.82) is 0 Å². The van der Waals surface area contributed by atoms with E-state index in [4.69, 9.17) is 10.5 Å². The first kappa shape index (κ1) is 14.3. The molecule has 6 heteroatoms. The maximum absolute atomic E-state index is 12.6. The fraction of sp³-hybridized carbons (Fsp3) is 0.538. The Kier molecular flexibility index (Phi) is 4.13. The van der Waals surface area contributed by atoms with Gasteiger partial charge in [0.1, 0.15) is 5.75 Å². The lowest BCUT2D eigenvalue weighted by atomic mass is 10.1. The summed E-state index contributed by atoms with van der Waals surface area (Å²) in [5.41, 5.74) is 5.64. The number of benzene rings is 1. The Balaban J connectivity index is 2.26. The number of sulfonamides is 1. The smallest absolute Gasteiger partial charge is 0.243 e. The van der Waals surface area contributed by atoms with Gasteiger partial charge in [-0.2, -0.15) is 4.31 Å². The molecule has 0 spiro atoms. The molecule has 0 bridgehead atoms. The molecule has 106 valence electrons. The zero-order valence-electron chi connectivity index (χ0n) is 11.2. The number of nitrogens with two attached hydrogens (primary N) is 1. The van der Waals surface area contributed by atoms with Crippen LogP contribution in [-0.2, 0) is 10.0 Å². The summed E-state index contributed by atoms with van der Waals surface area (Å²) in [6, 6.07) is 6.48. The number of nitrogens with zero attached hydrogens (tertiary/aromatic N) is 1. The lowest BCUT2D eigenvalue weighted by Gasteiger charge is -2.21. The molecule has 19 heavy (non-hydrogen) atoms. The molecule has 0 amide bonds. The van der Waals surface area contributed by atoms with E-state index in [1.807, 2.05) is 6.92 Å². The molecule has 2 N–H and O–H groups in total. The Morgan fingerprint density at radius 2 is 2.00 bits per heavy atom. The minimum absolute atomic E-state index is 0.000603. The minimum atomic E-state index is -3.43. The number of rotatable bonds is 4. The second-order valence-corrected chi connectivity index (χ2v) is 6.83. The highest BCUT2D eigenvalue weighted by molar-refractivity contribution is 7.89. The summed E-state index contributed by atoms with van der Waals surface area (Å²) in [7, 11) is -1.88. The molecule has 0 aliphatic carbocycles. The molecule has 1 aliphatic rings. The summed E-state index contributed by atoms with van der Waals surface area (Å²) in [6.07, 6.45) is 0.825. The van der Waals surface area contributed by atoms with Gasteiger partial charge in [-0.25, -0.2) is 8.42 Å². The molecule has 0 radical (unpaired) electrons. The molecule has 1 aliphatic heterocycles. The van der Waals surface area contributed by atoms with Crippen molar-refractivity contribution in [3.63, 3.8) is 0 Å². The first-order valence-electron chi connectivity index (χ1n) is 6.35. The molecule has 1 fully saturated rings. The largest absolute Gasteiger partial charge is 0.497 e. The van der Waals surface area contributed by atoms with Crippen LogP contribution in [0.5, 0.6) is 5.75 Å². The van der Waals surface area contributed by atoms with Crippen LogP contribution in [0.1, 0.15) is 13.3 Å². The van der Waals surface area contributed by atoms with Crippen molar-refractivity contribution in [2.75, 3.05) is 20.2 Å². The summed E-state index contributed by atoms with van der Waals surface area (Å²) in [5.74, 6) is 0.899. The predicted octanol–water partition coefficient (Wildman–Crippen LogP) is 1.05. The molecule has 1 aromatic rings. The highest BCUT2D eigenvalue weighted by Crippen LogP contribution is 2.29. The maximum atomic E-state index is 12.6. The third-order valence-corrected chi connectivity index (χ3v) is 5.60. The van der Waals surface area contributed by atoms with Crippen LogP contribution in [0.25, 0.3) is 0 Å². The zero-order valence-corrected chi connectivity index (χ0v) is 12.1. The Hall–Kier alpha value is -1.11. The highest BCUT2D eigenvalue weighted by Gasteiger charge is 2.37. The lowest BCUT2D eigenvalue weighted by Crippen LogP contribution is -2.34. The molecule has 2 unspecified atom stereocenters. The topological polar surface area (TPSA) is 72.6 Å². The molecule has 0 aromatic heterocycles. The highest BCUT2D eigenvalue weighted by atomic mass is 32.2. The minimum Gasteiger partial charge on any atom is -0.497 e. The quantitative estimate of drug-likeness (QED) is 0.897. The Bertz CT molecular complexity index is 527. The van der Waals surface area contributed by atoms with Crippen LogP contribution < -0.4 is 10.5 Å². The van der Waals surface area contributed by atoms with E-state index in [9.17, 15) is 8.42 Å². The van der Waals surface area contributed by atoms with Crippen molar-refractivity contribution in [3.8, 4) is 5.75 Å². The van der Waals surface area contributed by atoms with Crippen LogP contribution >= 0.6 is 0 Å². The molecule has 1 aromatic carbocycles. The van der Waals surface area contributed by atoms with Gasteiger partial charge in [-0.15, -0.1) is 0 Å². The summed E-state index contributed by atoms with van der Waals surface area (Å²) < 4.78 is 31.7. The Morgan fingerprint density at radius 1 is 1.37 bits per heavy atom. The standard InChI is InChI=1S/C13H20N2O3S/c1-10-7-11(8-14)9-15(10)19(16,17)13-5-3-12(18-2)4-6-13/h3-6,10-11H,7-9,14H2,1-2H3. The van der Waals surface area contributed by atoms with Crippen molar-refractivity contribution in [3.05, 3.63) is 24.3 Å². The van der Waals surface area contributed by atoms with E-state index in [0.717, 1.165) is 6.42 Å². The van der Waals surface area contributed by atoms with E-state index in [1.54, 1.807) is 35.7 Å². The molecule has 1 heterocycles.